The second-order valence-electron chi connectivity index (χ2n) is 10.6. The largest absolute Gasteiger partial charge is 0.493 e. The van der Waals surface area contributed by atoms with E-state index < -0.39 is 17.4 Å². The molecule has 0 radical (unpaired) electrons. The lowest BCUT2D eigenvalue weighted by molar-refractivity contribution is -0.155. The summed E-state index contributed by atoms with van der Waals surface area (Å²) in [7, 11) is 8.83. The van der Waals surface area contributed by atoms with Gasteiger partial charge in [0.15, 0.2) is 23.0 Å². The summed E-state index contributed by atoms with van der Waals surface area (Å²) in [6.45, 7) is 5.66. The van der Waals surface area contributed by atoms with Crippen molar-refractivity contribution in [2.24, 2.45) is 5.41 Å². The third-order valence-corrected chi connectivity index (χ3v) is 6.87. The maximum Gasteiger partial charge on any atom is 0.311 e. The highest BCUT2D eigenvalue weighted by Gasteiger charge is 2.36. The van der Waals surface area contributed by atoms with Crippen molar-refractivity contribution in [2.45, 2.75) is 26.8 Å². The smallest absolute Gasteiger partial charge is 0.311 e. The summed E-state index contributed by atoms with van der Waals surface area (Å²) in [6, 6.07) is 5.64. The highest BCUT2D eigenvalue weighted by molar-refractivity contribution is 5.97. The summed E-state index contributed by atoms with van der Waals surface area (Å²) < 4.78 is 38.1. The molecule has 3 rings (SSSR count). The van der Waals surface area contributed by atoms with Gasteiger partial charge in [-0.2, -0.15) is 0 Å². The molecule has 0 N–H and O–H groups in total. The van der Waals surface area contributed by atoms with Crippen LogP contribution in [0, 0.1) is 5.41 Å². The van der Waals surface area contributed by atoms with E-state index in [1.807, 2.05) is 0 Å². The first kappa shape index (κ1) is 32.2. The zero-order valence-electron chi connectivity index (χ0n) is 25.7. The zero-order chi connectivity index (χ0) is 31.2. The molecule has 0 spiro atoms. The molecule has 2 aromatic rings. The number of amides is 2. The molecule has 1 aliphatic rings. The van der Waals surface area contributed by atoms with Gasteiger partial charge in [0.1, 0.15) is 6.61 Å². The molecular weight excluding hydrogens is 548 g/mol. The number of piperazine rings is 1. The molecule has 1 fully saturated rings. The summed E-state index contributed by atoms with van der Waals surface area (Å²) in [5, 5.41) is 0. The summed E-state index contributed by atoms with van der Waals surface area (Å²) in [4.78, 5) is 43.4. The summed E-state index contributed by atoms with van der Waals surface area (Å²) >= 11 is 0. The second-order valence-corrected chi connectivity index (χ2v) is 10.6. The third-order valence-electron chi connectivity index (χ3n) is 6.87. The normalized spacial score (nSPS) is 15.0. The SMILES string of the molecule is COc1cc(C(=O)N2CCN(C(=O)c3cc(OC)c(OC)c(OC)c3)[C@@H](COC(=O)C(C)(C)C)C2)cc(OC)c1OC. The van der Waals surface area contributed by atoms with Crippen molar-refractivity contribution in [3.8, 4) is 34.5 Å². The van der Waals surface area contributed by atoms with E-state index in [1.165, 1.54) is 42.7 Å². The van der Waals surface area contributed by atoms with Gasteiger partial charge < -0.3 is 43.0 Å². The van der Waals surface area contributed by atoms with Crippen LogP contribution in [0.15, 0.2) is 24.3 Å². The quantitative estimate of drug-likeness (QED) is 0.382. The summed E-state index contributed by atoms with van der Waals surface area (Å²) in [5.74, 6) is 0.985. The molecule has 1 heterocycles. The molecule has 12 heteroatoms. The van der Waals surface area contributed by atoms with Crippen LogP contribution < -0.4 is 28.4 Å². The molecule has 42 heavy (non-hydrogen) atoms. The Kier molecular flexibility index (Phi) is 10.4. The maximum atomic E-state index is 13.9. The Balaban J connectivity index is 1.95. The molecule has 2 aromatic carbocycles. The average molecular weight is 589 g/mol. The van der Waals surface area contributed by atoms with Gasteiger partial charge in [-0.3, -0.25) is 14.4 Å². The highest BCUT2D eigenvalue weighted by Crippen LogP contribution is 2.40. The van der Waals surface area contributed by atoms with Crippen molar-refractivity contribution in [2.75, 3.05) is 68.9 Å². The summed E-state index contributed by atoms with van der Waals surface area (Å²) in [5.41, 5.74) is -0.133. The molecule has 12 nitrogen and oxygen atoms in total. The van der Waals surface area contributed by atoms with E-state index in [4.69, 9.17) is 33.2 Å². The Labute approximate surface area is 246 Å². The number of methoxy groups -OCH3 is 6. The van der Waals surface area contributed by atoms with Crippen LogP contribution in [-0.4, -0.2) is 103 Å². The fraction of sp³-hybridized carbons (Fsp3) is 0.500. The van der Waals surface area contributed by atoms with Gasteiger partial charge in [0.25, 0.3) is 11.8 Å². The Hall–Kier alpha value is -4.35. The first-order valence-electron chi connectivity index (χ1n) is 13.3. The number of nitrogens with zero attached hydrogens (tertiary/aromatic N) is 2. The lowest BCUT2D eigenvalue weighted by Gasteiger charge is -2.41. The van der Waals surface area contributed by atoms with Crippen molar-refractivity contribution >= 4 is 17.8 Å². The van der Waals surface area contributed by atoms with Crippen molar-refractivity contribution in [3.63, 3.8) is 0 Å². The monoisotopic (exact) mass is 588 g/mol. The lowest BCUT2D eigenvalue weighted by atomic mass is 9.97. The van der Waals surface area contributed by atoms with Crippen LogP contribution in [0.25, 0.3) is 0 Å². The van der Waals surface area contributed by atoms with Gasteiger partial charge in [-0.25, -0.2) is 0 Å². The van der Waals surface area contributed by atoms with Gasteiger partial charge in [-0.15, -0.1) is 0 Å². The molecule has 0 unspecified atom stereocenters. The fourth-order valence-electron chi connectivity index (χ4n) is 4.60. The molecule has 0 aliphatic carbocycles. The zero-order valence-corrected chi connectivity index (χ0v) is 25.7. The van der Waals surface area contributed by atoms with Crippen LogP contribution in [0.5, 0.6) is 34.5 Å². The number of carbonyl (C=O) groups excluding carboxylic acids is 3. The number of hydrogen-bond donors (Lipinski definition) is 0. The average Bonchev–Trinajstić information content (AvgIpc) is 3.00. The maximum absolute atomic E-state index is 13.9. The number of esters is 1. The Morgan fingerprint density at radius 2 is 1.12 bits per heavy atom. The predicted molar refractivity (Wildman–Crippen MR) is 153 cm³/mol. The minimum absolute atomic E-state index is 0.106. The third kappa shape index (κ3) is 6.75. The minimum Gasteiger partial charge on any atom is -0.493 e. The minimum atomic E-state index is -0.744. The standard InChI is InChI=1S/C30H40N2O10/c1-30(2,3)29(35)42-17-20-16-31(27(33)18-12-21(36-4)25(40-8)22(13-18)37-5)10-11-32(20)28(34)19-14-23(38-6)26(41-9)24(15-19)39-7/h12-15,20H,10-11,16-17H2,1-9H3/t20-/m1/s1. The van der Waals surface area contributed by atoms with Crippen LogP contribution in [-0.2, 0) is 9.53 Å². The Morgan fingerprint density at radius 1 is 0.690 bits per heavy atom. The first-order valence-corrected chi connectivity index (χ1v) is 13.3. The van der Waals surface area contributed by atoms with E-state index in [0.717, 1.165) is 0 Å². The molecule has 2 amide bonds. The van der Waals surface area contributed by atoms with Crippen LogP contribution in [0.3, 0.4) is 0 Å². The van der Waals surface area contributed by atoms with E-state index >= 15 is 0 Å². The fourth-order valence-corrected chi connectivity index (χ4v) is 4.60. The molecule has 0 saturated carbocycles. The van der Waals surface area contributed by atoms with Crippen LogP contribution in [0.2, 0.25) is 0 Å². The van der Waals surface area contributed by atoms with Gasteiger partial charge in [0, 0.05) is 30.8 Å². The topological polar surface area (TPSA) is 122 Å². The molecule has 0 bridgehead atoms. The van der Waals surface area contributed by atoms with Crippen LogP contribution in [0.4, 0.5) is 0 Å². The van der Waals surface area contributed by atoms with Crippen molar-refractivity contribution in [3.05, 3.63) is 35.4 Å². The van der Waals surface area contributed by atoms with Gasteiger partial charge in [-0.05, 0) is 45.0 Å². The molecule has 0 aromatic heterocycles. The van der Waals surface area contributed by atoms with Crippen molar-refractivity contribution < 1.29 is 47.5 Å². The van der Waals surface area contributed by atoms with Crippen LogP contribution >= 0.6 is 0 Å². The van der Waals surface area contributed by atoms with E-state index in [2.05, 4.69) is 0 Å². The van der Waals surface area contributed by atoms with Crippen molar-refractivity contribution in [1.29, 1.82) is 0 Å². The predicted octanol–water partition coefficient (Wildman–Crippen LogP) is 3.29. The molecule has 1 atom stereocenters. The van der Waals surface area contributed by atoms with Gasteiger partial charge in [-0.1, -0.05) is 0 Å². The number of ether oxygens (including phenoxy) is 7. The molecule has 1 saturated heterocycles. The second kappa shape index (κ2) is 13.5. The highest BCUT2D eigenvalue weighted by atomic mass is 16.5. The van der Waals surface area contributed by atoms with E-state index in [0.29, 0.717) is 45.6 Å². The van der Waals surface area contributed by atoms with Gasteiger partial charge in [0.2, 0.25) is 11.5 Å². The van der Waals surface area contributed by atoms with Crippen molar-refractivity contribution in [1.82, 2.24) is 9.80 Å². The Morgan fingerprint density at radius 3 is 1.50 bits per heavy atom. The lowest BCUT2D eigenvalue weighted by Crippen LogP contribution is -2.58. The molecular formula is C30H40N2O10. The van der Waals surface area contributed by atoms with Gasteiger partial charge in [0.05, 0.1) is 54.1 Å². The number of hydrogen-bond acceptors (Lipinski definition) is 10. The van der Waals surface area contributed by atoms with E-state index in [1.54, 1.807) is 54.8 Å². The first-order chi connectivity index (χ1) is 19.9. The molecule has 230 valence electrons. The van der Waals surface area contributed by atoms with E-state index in [9.17, 15) is 14.4 Å². The van der Waals surface area contributed by atoms with E-state index in [-0.39, 0.29) is 38.1 Å². The Bertz CT molecular complexity index is 1250. The molecule has 1 aliphatic heterocycles. The number of rotatable bonds is 10. The number of benzene rings is 2. The van der Waals surface area contributed by atoms with Gasteiger partial charge >= 0.3 is 5.97 Å². The van der Waals surface area contributed by atoms with Crippen LogP contribution in [0.1, 0.15) is 41.5 Å². The number of carbonyl (C=O) groups is 3. The summed E-state index contributed by atoms with van der Waals surface area (Å²) in [6.07, 6.45) is 0.